The summed E-state index contributed by atoms with van der Waals surface area (Å²) in [6, 6.07) is 15.9. The number of benzene rings is 3. The van der Waals surface area contributed by atoms with Gasteiger partial charge in [0.25, 0.3) is 5.91 Å². The Morgan fingerprint density at radius 1 is 1.09 bits per heavy atom. The van der Waals surface area contributed by atoms with Crippen molar-refractivity contribution in [3.05, 3.63) is 90.3 Å². The summed E-state index contributed by atoms with van der Waals surface area (Å²) in [7, 11) is 0. The van der Waals surface area contributed by atoms with Crippen LogP contribution in [-0.2, 0) is 6.61 Å². The third kappa shape index (κ3) is 6.72. The van der Waals surface area contributed by atoms with E-state index in [0.717, 1.165) is 10.0 Å². The van der Waals surface area contributed by atoms with Crippen LogP contribution in [-0.4, -0.2) is 18.7 Å². The topological polar surface area (TPSA) is 59.9 Å². The Hall–Kier alpha value is -2.06. The van der Waals surface area contributed by atoms with Crippen molar-refractivity contribution in [1.29, 1.82) is 0 Å². The number of ether oxygens (including phenoxy) is 2. The second kappa shape index (κ2) is 11.7. The van der Waals surface area contributed by atoms with Crippen LogP contribution in [0.3, 0.4) is 0 Å². The maximum Gasteiger partial charge on any atom is 0.271 e. The molecule has 9 heteroatoms. The molecule has 0 heterocycles. The Morgan fingerprint density at radius 3 is 2.62 bits per heavy atom. The van der Waals surface area contributed by atoms with Gasteiger partial charge in [-0.1, -0.05) is 51.3 Å². The number of nitrogens with one attached hydrogen (secondary N) is 1. The maximum absolute atomic E-state index is 12.2. The second-order valence-electron chi connectivity index (χ2n) is 6.50. The molecule has 166 valence electrons. The molecule has 1 N–H and O–H groups in total. The van der Waals surface area contributed by atoms with E-state index >= 15 is 0 Å². The van der Waals surface area contributed by atoms with Gasteiger partial charge in [0.05, 0.1) is 17.3 Å². The molecular weight excluding hydrogens is 583 g/mol. The van der Waals surface area contributed by atoms with Crippen LogP contribution >= 0.6 is 55.1 Å². The third-order valence-corrected chi connectivity index (χ3v) is 5.85. The van der Waals surface area contributed by atoms with Crippen LogP contribution in [0.25, 0.3) is 0 Å². The van der Waals surface area contributed by atoms with Crippen molar-refractivity contribution < 1.29 is 14.3 Å². The fourth-order valence-electron chi connectivity index (χ4n) is 2.71. The summed E-state index contributed by atoms with van der Waals surface area (Å²) in [5.74, 6) is 0.756. The minimum absolute atomic E-state index is 0.241. The summed E-state index contributed by atoms with van der Waals surface area (Å²) in [6.07, 6.45) is 1.53. The Balaban J connectivity index is 1.74. The Labute approximate surface area is 213 Å². The summed E-state index contributed by atoms with van der Waals surface area (Å²) in [5, 5.41) is 5.13. The highest BCUT2D eigenvalue weighted by atomic mass is 79.9. The SMILES string of the molecule is CCOc1cc(/C=N\NC(=O)c2cccc(Br)c2)cc(Br)c1OCc1ccc(Cl)cc1Cl. The molecule has 0 radical (unpaired) electrons. The summed E-state index contributed by atoms with van der Waals surface area (Å²) in [5.41, 5.74) is 4.52. The number of rotatable bonds is 8. The van der Waals surface area contributed by atoms with Gasteiger partial charge >= 0.3 is 0 Å². The first-order chi connectivity index (χ1) is 15.4. The molecule has 1 amide bonds. The van der Waals surface area contributed by atoms with Gasteiger partial charge < -0.3 is 9.47 Å². The van der Waals surface area contributed by atoms with Gasteiger partial charge in [0.1, 0.15) is 6.61 Å². The van der Waals surface area contributed by atoms with Crippen LogP contribution in [0.15, 0.2) is 68.6 Å². The molecule has 0 bridgehead atoms. The van der Waals surface area contributed by atoms with E-state index < -0.39 is 0 Å². The Bertz CT molecular complexity index is 1160. The largest absolute Gasteiger partial charge is 0.490 e. The molecule has 0 saturated carbocycles. The van der Waals surface area contributed by atoms with E-state index in [-0.39, 0.29) is 12.5 Å². The average Bonchev–Trinajstić information content (AvgIpc) is 2.74. The van der Waals surface area contributed by atoms with Crippen molar-refractivity contribution in [2.75, 3.05) is 6.61 Å². The first kappa shape index (κ1) is 24.6. The quantitative estimate of drug-likeness (QED) is 0.219. The zero-order valence-corrected chi connectivity index (χ0v) is 21.6. The predicted octanol–water partition coefficient (Wildman–Crippen LogP) is 7.26. The number of halogens is 4. The van der Waals surface area contributed by atoms with E-state index in [9.17, 15) is 4.79 Å². The molecule has 0 aliphatic rings. The third-order valence-electron chi connectivity index (χ3n) is 4.19. The minimum atomic E-state index is -0.313. The number of hydrogen-bond acceptors (Lipinski definition) is 4. The van der Waals surface area contributed by atoms with E-state index in [2.05, 4.69) is 42.4 Å². The molecule has 0 aromatic heterocycles. The lowest BCUT2D eigenvalue weighted by Gasteiger charge is -2.15. The van der Waals surface area contributed by atoms with Crippen molar-refractivity contribution in [1.82, 2.24) is 5.43 Å². The summed E-state index contributed by atoms with van der Waals surface area (Å²) < 4.78 is 13.2. The second-order valence-corrected chi connectivity index (χ2v) is 9.11. The number of carbonyl (C=O) groups excluding carboxylic acids is 1. The van der Waals surface area contributed by atoms with Crippen molar-refractivity contribution in [2.45, 2.75) is 13.5 Å². The lowest BCUT2D eigenvalue weighted by atomic mass is 10.2. The van der Waals surface area contributed by atoms with Gasteiger partial charge in [-0.05, 0) is 70.9 Å². The molecule has 3 aromatic carbocycles. The van der Waals surface area contributed by atoms with Crippen LogP contribution in [0.2, 0.25) is 10.0 Å². The summed E-state index contributed by atoms with van der Waals surface area (Å²) in [4.78, 5) is 12.2. The molecule has 0 saturated heterocycles. The van der Waals surface area contributed by atoms with E-state index in [1.54, 1.807) is 36.4 Å². The van der Waals surface area contributed by atoms with Gasteiger partial charge in [-0.3, -0.25) is 4.79 Å². The standard InChI is InChI=1S/C23H18Br2Cl2N2O3/c1-2-31-21-9-14(12-28-29-23(30)15-4-3-5-17(24)10-15)8-19(25)22(21)32-13-16-6-7-18(26)11-20(16)27/h3-12H,2,13H2,1H3,(H,29,30)/b28-12-. The fourth-order valence-corrected chi connectivity index (χ4v) is 4.15. The number of amides is 1. The van der Waals surface area contributed by atoms with Crippen LogP contribution in [0.4, 0.5) is 0 Å². The molecule has 0 spiro atoms. The highest BCUT2D eigenvalue weighted by Crippen LogP contribution is 2.37. The molecule has 3 aromatic rings. The minimum Gasteiger partial charge on any atom is -0.490 e. The first-order valence-electron chi connectivity index (χ1n) is 9.49. The molecule has 0 fully saturated rings. The smallest absolute Gasteiger partial charge is 0.271 e. The van der Waals surface area contributed by atoms with Crippen molar-refractivity contribution in [3.8, 4) is 11.5 Å². The fraction of sp³-hybridized carbons (Fsp3) is 0.130. The summed E-state index contributed by atoms with van der Waals surface area (Å²) >= 11 is 19.1. The van der Waals surface area contributed by atoms with Crippen molar-refractivity contribution in [3.63, 3.8) is 0 Å². The van der Waals surface area contributed by atoms with Crippen LogP contribution in [0.5, 0.6) is 11.5 Å². The molecule has 32 heavy (non-hydrogen) atoms. The van der Waals surface area contributed by atoms with E-state index in [1.807, 2.05) is 25.1 Å². The normalized spacial score (nSPS) is 10.9. The number of carbonyl (C=O) groups is 1. The molecule has 3 rings (SSSR count). The van der Waals surface area contributed by atoms with E-state index in [0.29, 0.717) is 43.8 Å². The lowest BCUT2D eigenvalue weighted by Crippen LogP contribution is -2.17. The highest BCUT2D eigenvalue weighted by Gasteiger charge is 2.13. The molecule has 0 unspecified atom stereocenters. The Kier molecular flexibility index (Phi) is 8.99. The molecule has 0 aliphatic carbocycles. The molecule has 0 aliphatic heterocycles. The van der Waals surface area contributed by atoms with E-state index in [1.165, 1.54) is 6.21 Å². The van der Waals surface area contributed by atoms with Crippen molar-refractivity contribution >= 4 is 67.2 Å². The van der Waals surface area contributed by atoms with Crippen molar-refractivity contribution in [2.24, 2.45) is 5.10 Å². The van der Waals surface area contributed by atoms with Gasteiger partial charge in [-0.2, -0.15) is 5.10 Å². The van der Waals surface area contributed by atoms with Gasteiger partial charge in [0, 0.05) is 25.6 Å². The monoisotopic (exact) mass is 598 g/mol. The van der Waals surface area contributed by atoms with Crippen LogP contribution in [0, 0.1) is 0 Å². The number of nitrogens with zero attached hydrogens (tertiary/aromatic N) is 1. The molecule has 5 nitrogen and oxygen atoms in total. The Morgan fingerprint density at radius 2 is 1.91 bits per heavy atom. The van der Waals surface area contributed by atoms with Crippen LogP contribution < -0.4 is 14.9 Å². The summed E-state index contributed by atoms with van der Waals surface area (Å²) in [6.45, 7) is 2.57. The predicted molar refractivity (Wildman–Crippen MR) is 135 cm³/mol. The number of hydrogen-bond donors (Lipinski definition) is 1. The van der Waals surface area contributed by atoms with Gasteiger partial charge in [-0.15, -0.1) is 0 Å². The molecular formula is C23H18Br2Cl2N2O3. The first-order valence-corrected chi connectivity index (χ1v) is 11.8. The average molecular weight is 601 g/mol. The van der Waals surface area contributed by atoms with Crippen LogP contribution in [0.1, 0.15) is 28.4 Å². The molecule has 0 atom stereocenters. The zero-order valence-electron chi connectivity index (χ0n) is 16.9. The maximum atomic E-state index is 12.2. The van der Waals surface area contributed by atoms with Gasteiger partial charge in [0.15, 0.2) is 11.5 Å². The number of hydrazone groups is 1. The van der Waals surface area contributed by atoms with E-state index in [4.69, 9.17) is 32.7 Å². The zero-order chi connectivity index (χ0) is 23.1. The highest BCUT2D eigenvalue weighted by molar-refractivity contribution is 9.10. The lowest BCUT2D eigenvalue weighted by molar-refractivity contribution is 0.0955. The van der Waals surface area contributed by atoms with Gasteiger partial charge in [-0.25, -0.2) is 5.43 Å². The van der Waals surface area contributed by atoms with Gasteiger partial charge in [0.2, 0.25) is 0 Å².